The number of hydrogen-bond donors (Lipinski definition) is 1. The van der Waals surface area contributed by atoms with Crippen molar-refractivity contribution in [3.8, 4) is 0 Å². The van der Waals surface area contributed by atoms with Crippen LogP contribution in [0, 0.1) is 12.7 Å². The van der Waals surface area contributed by atoms with E-state index in [2.05, 4.69) is 56.7 Å². The monoisotopic (exact) mass is 406 g/mol. The third-order valence-electron chi connectivity index (χ3n) is 5.50. The third-order valence-corrected chi connectivity index (χ3v) is 5.50. The molecular weight excluding hydrogens is 379 g/mol. The van der Waals surface area contributed by atoms with Crippen LogP contribution in [-0.4, -0.2) is 42.7 Å². The summed E-state index contributed by atoms with van der Waals surface area (Å²) in [4.78, 5) is 15.6. The van der Waals surface area contributed by atoms with Gasteiger partial charge in [0.25, 0.3) is 0 Å². The van der Waals surface area contributed by atoms with Gasteiger partial charge in [0.05, 0.1) is 0 Å². The van der Waals surface area contributed by atoms with E-state index in [0.29, 0.717) is 5.69 Å². The molecule has 4 rings (SSSR count). The van der Waals surface area contributed by atoms with Crippen molar-refractivity contribution < 1.29 is 4.39 Å². The van der Waals surface area contributed by atoms with Crippen molar-refractivity contribution in [1.29, 1.82) is 0 Å². The smallest absolute Gasteiger partial charge is 0.161 e. The molecule has 6 nitrogen and oxygen atoms in total. The van der Waals surface area contributed by atoms with Gasteiger partial charge in [0.2, 0.25) is 0 Å². The molecule has 2 aromatic carbocycles. The predicted molar refractivity (Wildman–Crippen MR) is 121 cm³/mol. The van der Waals surface area contributed by atoms with Gasteiger partial charge in [0.1, 0.15) is 17.8 Å². The van der Waals surface area contributed by atoms with Gasteiger partial charge in [0.15, 0.2) is 11.6 Å². The number of aromatic nitrogens is 2. The molecule has 156 valence electrons. The van der Waals surface area contributed by atoms with Crippen molar-refractivity contribution in [2.75, 3.05) is 53.2 Å². The molecular formula is C23H27FN6. The maximum atomic E-state index is 13.2. The second kappa shape index (κ2) is 8.57. The van der Waals surface area contributed by atoms with E-state index in [-0.39, 0.29) is 5.82 Å². The molecule has 0 amide bonds. The van der Waals surface area contributed by atoms with Crippen LogP contribution in [0.3, 0.4) is 0 Å². The first-order valence-electron chi connectivity index (χ1n) is 10.3. The molecule has 1 aromatic heterocycles. The molecule has 3 aromatic rings. The number of nitrogens with two attached hydrogens (primary N) is 1. The Labute approximate surface area is 176 Å². The summed E-state index contributed by atoms with van der Waals surface area (Å²) in [6.07, 6.45) is 1.59. The minimum absolute atomic E-state index is 0.215. The summed E-state index contributed by atoms with van der Waals surface area (Å²) in [6.45, 7) is 8.13. The zero-order valence-corrected chi connectivity index (χ0v) is 17.4. The normalized spacial score (nSPS) is 14.1. The molecule has 0 spiro atoms. The Kier molecular flexibility index (Phi) is 5.70. The van der Waals surface area contributed by atoms with Crippen molar-refractivity contribution in [2.24, 2.45) is 0 Å². The fraction of sp³-hybridized carbons (Fsp3) is 0.304. The SMILES string of the molecule is CCN(c1cccc(C)c1)c1ncnc(N2CCN(c3ccc(F)cc3)CC2)c1N. The van der Waals surface area contributed by atoms with Crippen LogP contribution in [0.15, 0.2) is 54.9 Å². The van der Waals surface area contributed by atoms with Crippen molar-refractivity contribution in [1.82, 2.24) is 9.97 Å². The van der Waals surface area contributed by atoms with E-state index in [1.54, 1.807) is 6.33 Å². The summed E-state index contributed by atoms with van der Waals surface area (Å²) in [5.74, 6) is 1.28. The highest BCUT2D eigenvalue weighted by atomic mass is 19.1. The molecule has 30 heavy (non-hydrogen) atoms. The Morgan fingerprint density at radius 3 is 2.37 bits per heavy atom. The van der Waals surface area contributed by atoms with Crippen molar-refractivity contribution >= 4 is 28.7 Å². The van der Waals surface area contributed by atoms with Gasteiger partial charge in [-0.05, 0) is 55.8 Å². The van der Waals surface area contributed by atoms with Gasteiger partial charge in [-0.3, -0.25) is 0 Å². The number of hydrogen-bond acceptors (Lipinski definition) is 6. The lowest BCUT2D eigenvalue weighted by molar-refractivity contribution is 0.624. The Morgan fingerprint density at radius 2 is 1.70 bits per heavy atom. The van der Waals surface area contributed by atoms with E-state index in [9.17, 15) is 4.39 Å². The Hall–Kier alpha value is -3.35. The van der Waals surface area contributed by atoms with Gasteiger partial charge < -0.3 is 20.4 Å². The minimum Gasteiger partial charge on any atom is -0.393 e. The number of piperazine rings is 1. The highest BCUT2D eigenvalue weighted by molar-refractivity contribution is 5.80. The molecule has 0 radical (unpaired) electrons. The number of nitrogen functional groups attached to an aromatic ring is 1. The Bertz CT molecular complexity index is 999. The van der Waals surface area contributed by atoms with Crippen LogP contribution in [0.1, 0.15) is 12.5 Å². The maximum absolute atomic E-state index is 13.2. The molecule has 1 aliphatic rings. The van der Waals surface area contributed by atoms with Gasteiger partial charge in [0, 0.05) is 44.1 Å². The van der Waals surface area contributed by atoms with Gasteiger partial charge in [-0.1, -0.05) is 12.1 Å². The number of halogens is 1. The van der Waals surface area contributed by atoms with E-state index < -0.39 is 0 Å². The minimum atomic E-state index is -0.215. The van der Waals surface area contributed by atoms with Crippen LogP contribution >= 0.6 is 0 Å². The van der Waals surface area contributed by atoms with Crippen molar-refractivity contribution in [3.63, 3.8) is 0 Å². The molecule has 0 bridgehead atoms. The topological polar surface area (TPSA) is 61.5 Å². The number of anilines is 5. The number of benzene rings is 2. The largest absolute Gasteiger partial charge is 0.393 e. The lowest BCUT2D eigenvalue weighted by Gasteiger charge is -2.37. The molecule has 0 unspecified atom stereocenters. The van der Waals surface area contributed by atoms with E-state index in [0.717, 1.165) is 55.7 Å². The first-order valence-corrected chi connectivity index (χ1v) is 10.3. The number of aryl methyl sites for hydroxylation is 1. The lowest BCUT2D eigenvalue weighted by atomic mass is 10.2. The standard InChI is InChI=1S/C23H27FN6/c1-3-30(20-6-4-5-17(2)15-20)23-21(25)22(26-16-27-23)29-13-11-28(12-14-29)19-9-7-18(24)8-10-19/h4-10,15-16H,3,11-14,25H2,1-2H3. The third kappa shape index (κ3) is 4.01. The van der Waals surface area contributed by atoms with Crippen molar-refractivity contribution in [2.45, 2.75) is 13.8 Å². The summed E-state index contributed by atoms with van der Waals surface area (Å²) in [6, 6.07) is 15.0. The van der Waals surface area contributed by atoms with E-state index in [1.165, 1.54) is 17.7 Å². The second-order valence-electron chi connectivity index (χ2n) is 7.47. The molecule has 0 saturated carbocycles. The van der Waals surface area contributed by atoms with Gasteiger partial charge in [-0.25, -0.2) is 14.4 Å². The van der Waals surface area contributed by atoms with Crippen LogP contribution in [0.2, 0.25) is 0 Å². The first-order chi connectivity index (χ1) is 14.6. The van der Waals surface area contributed by atoms with E-state index in [1.807, 2.05) is 18.2 Å². The highest BCUT2D eigenvalue weighted by Crippen LogP contribution is 2.34. The fourth-order valence-electron chi connectivity index (χ4n) is 3.92. The average molecular weight is 407 g/mol. The summed E-state index contributed by atoms with van der Waals surface area (Å²) >= 11 is 0. The molecule has 7 heteroatoms. The molecule has 2 N–H and O–H groups in total. The second-order valence-corrected chi connectivity index (χ2v) is 7.47. The molecule has 0 aliphatic carbocycles. The number of rotatable bonds is 5. The molecule has 2 heterocycles. The molecule has 1 saturated heterocycles. The Morgan fingerprint density at radius 1 is 1.00 bits per heavy atom. The maximum Gasteiger partial charge on any atom is 0.161 e. The van der Waals surface area contributed by atoms with Gasteiger partial charge in [-0.15, -0.1) is 0 Å². The average Bonchev–Trinajstić information content (AvgIpc) is 2.76. The first kappa shape index (κ1) is 19.9. The Balaban J connectivity index is 1.54. The van der Waals surface area contributed by atoms with Gasteiger partial charge >= 0.3 is 0 Å². The van der Waals surface area contributed by atoms with Gasteiger partial charge in [-0.2, -0.15) is 0 Å². The van der Waals surface area contributed by atoms with E-state index in [4.69, 9.17) is 5.73 Å². The zero-order valence-electron chi connectivity index (χ0n) is 17.4. The predicted octanol–water partition coefficient (Wildman–Crippen LogP) is 3.99. The highest BCUT2D eigenvalue weighted by Gasteiger charge is 2.23. The molecule has 0 atom stereocenters. The summed E-state index contributed by atoms with van der Waals surface area (Å²) < 4.78 is 13.2. The summed E-state index contributed by atoms with van der Waals surface area (Å²) in [5, 5.41) is 0. The zero-order chi connectivity index (χ0) is 21.1. The number of nitrogens with zero attached hydrogens (tertiary/aromatic N) is 5. The van der Waals surface area contributed by atoms with E-state index >= 15 is 0 Å². The quantitative estimate of drug-likeness (QED) is 0.691. The van der Waals surface area contributed by atoms with Crippen molar-refractivity contribution in [3.05, 3.63) is 66.2 Å². The van der Waals surface area contributed by atoms with Crippen LogP contribution in [0.25, 0.3) is 0 Å². The van der Waals surface area contributed by atoms with Crippen LogP contribution in [0.5, 0.6) is 0 Å². The summed E-state index contributed by atoms with van der Waals surface area (Å²) in [5.41, 5.74) is 10.4. The fourth-order valence-corrected chi connectivity index (χ4v) is 3.92. The van der Waals surface area contributed by atoms with Crippen LogP contribution < -0.4 is 20.4 Å². The van der Waals surface area contributed by atoms with Crippen LogP contribution in [0.4, 0.5) is 33.1 Å². The molecule has 1 fully saturated rings. The lowest BCUT2D eigenvalue weighted by Crippen LogP contribution is -2.47. The van der Waals surface area contributed by atoms with Crippen LogP contribution in [-0.2, 0) is 0 Å². The molecule has 1 aliphatic heterocycles. The summed E-state index contributed by atoms with van der Waals surface area (Å²) in [7, 11) is 0.